The van der Waals surface area contributed by atoms with Gasteiger partial charge in [-0.2, -0.15) is 14.7 Å². The predicted octanol–water partition coefficient (Wildman–Crippen LogP) is 0.806. The topological polar surface area (TPSA) is 103 Å². The van der Waals surface area contributed by atoms with Crippen molar-refractivity contribution in [2.75, 3.05) is 7.05 Å². The Morgan fingerprint density at radius 3 is 2.70 bits per heavy atom. The molecule has 0 saturated carbocycles. The van der Waals surface area contributed by atoms with Crippen LogP contribution in [-0.2, 0) is 16.6 Å². The van der Waals surface area contributed by atoms with Gasteiger partial charge in [0.2, 0.25) is 10.0 Å². The Balaban J connectivity index is 2.32. The molecule has 0 fully saturated rings. The third kappa shape index (κ3) is 2.68. The average molecular weight is 291 g/mol. The van der Waals surface area contributed by atoms with Crippen LogP contribution >= 0.6 is 0 Å². The number of aryl methyl sites for hydroxylation is 1. The maximum atomic E-state index is 12.4. The lowest BCUT2D eigenvalue weighted by Gasteiger charge is -2.16. The Morgan fingerprint density at radius 2 is 2.10 bits per heavy atom. The molecule has 0 aliphatic heterocycles. The van der Waals surface area contributed by atoms with Gasteiger partial charge < -0.3 is 0 Å². The molecular formula is C12H13N5O2S. The number of nitrogens with one attached hydrogen (secondary N) is 1. The van der Waals surface area contributed by atoms with Gasteiger partial charge in [0.25, 0.3) is 0 Å². The van der Waals surface area contributed by atoms with E-state index >= 15 is 0 Å². The molecule has 0 bridgehead atoms. The number of H-pyrrole nitrogens is 1. The Kier molecular flexibility index (Phi) is 3.83. The minimum atomic E-state index is -3.75. The zero-order chi connectivity index (χ0) is 14.8. The molecule has 0 saturated heterocycles. The van der Waals surface area contributed by atoms with Crippen LogP contribution in [0.25, 0.3) is 0 Å². The largest absolute Gasteiger partial charge is 0.263 e. The quantitative estimate of drug-likeness (QED) is 0.897. The fourth-order valence-electron chi connectivity index (χ4n) is 1.70. The number of benzene rings is 1. The van der Waals surface area contributed by atoms with Crippen LogP contribution in [0, 0.1) is 18.3 Å². The van der Waals surface area contributed by atoms with E-state index in [4.69, 9.17) is 5.26 Å². The fourth-order valence-corrected chi connectivity index (χ4v) is 2.96. The normalized spacial score (nSPS) is 11.5. The van der Waals surface area contributed by atoms with Crippen LogP contribution < -0.4 is 0 Å². The molecule has 7 nitrogen and oxygen atoms in total. The maximum Gasteiger partial charge on any atom is 0.244 e. The molecule has 0 aliphatic carbocycles. The summed E-state index contributed by atoms with van der Waals surface area (Å²) < 4.78 is 26.0. The van der Waals surface area contributed by atoms with Crippen molar-refractivity contribution in [1.82, 2.24) is 19.5 Å². The third-order valence-electron chi connectivity index (χ3n) is 2.70. The van der Waals surface area contributed by atoms with Gasteiger partial charge in [0.05, 0.1) is 17.0 Å². The monoisotopic (exact) mass is 291 g/mol. The minimum Gasteiger partial charge on any atom is -0.263 e. The first-order valence-corrected chi connectivity index (χ1v) is 7.22. The Hall–Kier alpha value is -2.24. The summed E-state index contributed by atoms with van der Waals surface area (Å²) in [6.07, 6.45) is 0. The second-order valence-electron chi connectivity index (χ2n) is 4.21. The fraction of sp³-hybridized carbons (Fsp3) is 0.250. The molecule has 0 atom stereocenters. The molecule has 2 aromatic rings. The van der Waals surface area contributed by atoms with Crippen LogP contribution in [0.3, 0.4) is 0 Å². The zero-order valence-corrected chi connectivity index (χ0v) is 11.8. The number of nitriles is 1. The Bertz CT molecular complexity index is 760. The maximum absolute atomic E-state index is 12.4. The number of hydrogen-bond donors (Lipinski definition) is 1. The highest BCUT2D eigenvalue weighted by Crippen LogP contribution is 2.19. The van der Waals surface area contributed by atoms with Gasteiger partial charge in [-0.3, -0.25) is 5.10 Å². The van der Waals surface area contributed by atoms with Gasteiger partial charge in [0.1, 0.15) is 11.9 Å². The third-order valence-corrected chi connectivity index (χ3v) is 4.56. The van der Waals surface area contributed by atoms with E-state index in [0.717, 1.165) is 4.31 Å². The molecule has 0 spiro atoms. The molecule has 1 aromatic carbocycles. The van der Waals surface area contributed by atoms with Crippen LogP contribution in [0.4, 0.5) is 0 Å². The summed E-state index contributed by atoms with van der Waals surface area (Å²) in [6.45, 7) is 1.77. The lowest BCUT2D eigenvalue weighted by Crippen LogP contribution is -2.27. The van der Waals surface area contributed by atoms with Crippen molar-refractivity contribution in [2.45, 2.75) is 18.4 Å². The highest BCUT2D eigenvalue weighted by atomic mass is 32.2. The molecule has 20 heavy (non-hydrogen) atoms. The first-order valence-electron chi connectivity index (χ1n) is 5.78. The van der Waals surface area contributed by atoms with E-state index in [1.807, 2.05) is 6.07 Å². The van der Waals surface area contributed by atoms with Gasteiger partial charge in [-0.25, -0.2) is 13.4 Å². The predicted molar refractivity (Wildman–Crippen MR) is 70.9 cm³/mol. The second-order valence-corrected chi connectivity index (χ2v) is 6.22. The molecule has 1 heterocycles. The number of aromatic amines is 1. The van der Waals surface area contributed by atoms with E-state index in [9.17, 15) is 8.42 Å². The van der Waals surface area contributed by atoms with E-state index in [1.165, 1.54) is 19.2 Å². The first-order chi connectivity index (χ1) is 9.45. The van der Waals surface area contributed by atoms with Crippen molar-refractivity contribution in [3.8, 4) is 6.07 Å². The van der Waals surface area contributed by atoms with Crippen molar-refractivity contribution in [3.05, 3.63) is 41.5 Å². The summed E-state index contributed by atoms with van der Waals surface area (Å²) in [5.74, 6) is 0.992. The summed E-state index contributed by atoms with van der Waals surface area (Å²) in [7, 11) is -2.33. The van der Waals surface area contributed by atoms with Crippen molar-refractivity contribution >= 4 is 10.0 Å². The van der Waals surface area contributed by atoms with Gasteiger partial charge in [0, 0.05) is 7.05 Å². The van der Waals surface area contributed by atoms with E-state index in [-0.39, 0.29) is 17.0 Å². The molecule has 1 N–H and O–H groups in total. The van der Waals surface area contributed by atoms with Crippen LogP contribution in [-0.4, -0.2) is 35.0 Å². The van der Waals surface area contributed by atoms with Crippen LogP contribution in [0.2, 0.25) is 0 Å². The smallest absolute Gasteiger partial charge is 0.244 e. The zero-order valence-electron chi connectivity index (χ0n) is 11.0. The van der Waals surface area contributed by atoms with Gasteiger partial charge in [-0.15, -0.1) is 0 Å². The molecule has 104 valence electrons. The van der Waals surface area contributed by atoms with E-state index < -0.39 is 10.0 Å². The summed E-state index contributed by atoms with van der Waals surface area (Å²) in [5, 5.41) is 15.5. The second kappa shape index (κ2) is 5.40. The van der Waals surface area contributed by atoms with Crippen molar-refractivity contribution in [1.29, 1.82) is 5.26 Å². The van der Waals surface area contributed by atoms with Crippen LogP contribution in [0.5, 0.6) is 0 Å². The van der Waals surface area contributed by atoms with Crippen LogP contribution in [0.1, 0.15) is 17.2 Å². The molecule has 0 aliphatic rings. The van der Waals surface area contributed by atoms with E-state index in [1.54, 1.807) is 19.1 Å². The average Bonchev–Trinajstić information content (AvgIpc) is 2.84. The summed E-state index contributed by atoms with van der Waals surface area (Å²) in [6, 6.07) is 7.96. The Labute approximate surface area is 116 Å². The molecule has 8 heteroatoms. The highest BCUT2D eigenvalue weighted by molar-refractivity contribution is 7.89. The van der Waals surface area contributed by atoms with E-state index in [2.05, 4.69) is 15.2 Å². The van der Waals surface area contributed by atoms with E-state index in [0.29, 0.717) is 11.6 Å². The summed E-state index contributed by atoms with van der Waals surface area (Å²) >= 11 is 0. The highest BCUT2D eigenvalue weighted by Gasteiger charge is 2.24. The Morgan fingerprint density at radius 1 is 1.40 bits per heavy atom. The van der Waals surface area contributed by atoms with Crippen LogP contribution in [0.15, 0.2) is 29.2 Å². The number of hydrogen-bond acceptors (Lipinski definition) is 5. The van der Waals surface area contributed by atoms with Gasteiger partial charge in [-0.1, -0.05) is 12.1 Å². The lowest BCUT2D eigenvalue weighted by atomic mass is 10.2. The van der Waals surface area contributed by atoms with Gasteiger partial charge in [0.15, 0.2) is 5.82 Å². The molecule has 0 amide bonds. The van der Waals surface area contributed by atoms with Crippen molar-refractivity contribution in [2.24, 2.45) is 0 Å². The molecule has 0 unspecified atom stereocenters. The lowest BCUT2D eigenvalue weighted by molar-refractivity contribution is 0.457. The first kappa shape index (κ1) is 14.2. The SMILES string of the molecule is Cc1nc(CN(C)S(=O)(=O)c2ccccc2C#N)n[nH]1. The number of nitrogens with zero attached hydrogens (tertiary/aromatic N) is 4. The summed E-state index contributed by atoms with van der Waals surface area (Å²) in [5.41, 5.74) is 0.116. The minimum absolute atomic E-state index is 0.0164. The molecular weight excluding hydrogens is 278 g/mol. The van der Waals surface area contributed by atoms with Crippen molar-refractivity contribution in [3.63, 3.8) is 0 Å². The molecule has 0 radical (unpaired) electrons. The standard InChI is InChI=1S/C12H13N5O2S/c1-9-14-12(16-15-9)8-17(2)20(18,19)11-6-4-3-5-10(11)7-13/h3-6H,8H2,1-2H3,(H,14,15,16). The number of aromatic nitrogens is 3. The van der Waals surface area contributed by atoms with Gasteiger partial charge in [-0.05, 0) is 19.1 Å². The molecule has 1 aromatic heterocycles. The summed E-state index contributed by atoms with van der Waals surface area (Å²) in [4.78, 5) is 4.05. The molecule has 2 rings (SSSR count). The van der Waals surface area contributed by atoms with Crippen molar-refractivity contribution < 1.29 is 8.42 Å². The number of rotatable bonds is 4. The van der Waals surface area contributed by atoms with Gasteiger partial charge >= 0.3 is 0 Å². The number of sulfonamides is 1.